The number of hydrogen-bond acceptors (Lipinski definition) is 3. The number of piperidine rings is 1. The van der Waals surface area contributed by atoms with E-state index in [1.54, 1.807) is 12.1 Å². The minimum atomic E-state index is -4.72. The molecule has 2 aromatic carbocycles. The normalized spacial score (nSPS) is 23.5. The van der Waals surface area contributed by atoms with Gasteiger partial charge in [-0.15, -0.1) is 0 Å². The monoisotopic (exact) mass is 517 g/mol. The molecule has 0 radical (unpaired) electrons. The molecule has 0 aromatic heterocycles. The van der Waals surface area contributed by atoms with E-state index in [1.165, 1.54) is 18.2 Å². The van der Waals surface area contributed by atoms with E-state index in [9.17, 15) is 36.2 Å². The molecule has 1 saturated carbocycles. The molecule has 1 heterocycles. The number of alkyl halides is 6. The van der Waals surface area contributed by atoms with Crippen LogP contribution in [0.1, 0.15) is 62.6 Å². The summed E-state index contributed by atoms with van der Waals surface area (Å²) in [5, 5.41) is 9.58. The molecule has 1 N–H and O–H groups in total. The Morgan fingerprint density at radius 2 is 1.58 bits per heavy atom. The molecule has 1 atom stereocenters. The summed E-state index contributed by atoms with van der Waals surface area (Å²) >= 11 is 0. The van der Waals surface area contributed by atoms with Crippen LogP contribution in [-0.4, -0.2) is 41.3 Å². The van der Waals surface area contributed by atoms with Crippen LogP contribution in [-0.2, 0) is 11.0 Å². The van der Waals surface area contributed by atoms with Crippen molar-refractivity contribution in [2.75, 3.05) is 13.1 Å². The summed E-state index contributed by atoms with van der Waals surface area (Å²) in [6.07, 6.45) is -9.01. The van der Waals surface area contributed by atoms with E-state index < -0.39 is 41.8 Å². The van der Waals surface area contributed by atoms with Crippen molar-refractivity contribution < 1.29 is 41.0 Å². The molecule has 0 bridgehead atoms. The third kappa shape index (κ3) is 5.74. The number of hydrogen-bond donors (Lipinski definition) is 1. The van der Waals surface area contributed by atoms with E-state index >= 15 is 0 Å². The number of carboxylic acid groups (broad SMARTS) is 1. The summed E-state index contributed by atoms with van der Waals surface area (Å²) < 4.78 is 87.4. The molecular weight excluding hydrogens is 488 g/mol. The number of benzene rings is 2. The summed E-state index contributed by atoms with van der Waals surface area (Å²) in [6.45, 7) is 2.95. The molecule has 198 valence electrons. The molecule has 0 amide bonds. The van der Waals surface area contributed by atoms with Crippen LogP contribution >= 0.6 is 0 Å². The Morgan fingerprint density at radius 1 is 0.972 bits per heavy atom. The van der Waals surface area contributed by atoms with Gasteiger partial charge in [0.05, 0.1) is 17.9 Å². The van der Waals surface area contributed by atoms with Crippen molar-refractivity contribution in [2.24, 2.45) is 11.8 Å². The summed E-state index contributed by atoms with van der Waals surface area (Å²) in [7, 11) is 0. The van der Waals surface area contributed by atoms with Crippen LogP contribution in [0.25, 0.3) is 10.8 Å². The first-order chi connectivity index (χ1) is 16.8. The van der Waals surface area contributed by atoms with Crippen molar-refractivity contribution >= 4 is 16.7 Å². The zero-order valence-corrected chi connectivity index (χ0v) is 19.8. The van der Waals surface area contributed by atoms with Crippen molar-refractivity contribution in [1.82, 2.24) is 4.90 Å². The van der Waals surface area contributed by atoms with Gasteiger partial charge in [0, 0.05) is 6.04 Å². The lowest BCUT2D eigenvalue weighted by Crippen LogP contribution is -2.37. The highest BCUT2D eigenvalue weighted by Crippen LogP contribution is 2.44. The average molecular weight is 518 g/mol. The minimum absolute atomic E-state index is 0.0197. The van der Waals surface area contributed by atoms with Crippen molar-refractivity contribution in [3.05, 3.63) is 41.5 Å². The van der Waals surface area contributed by atoms with E-state index in [4.69, 9.17) is 4.74 Å². The number of nitrogens with zero attached hydrogens (tertiary/aromatic N) is 1. The van der Waals surface area contributed by atoms with E-state index in [-0.39, 0.29) is 42.9 Å². The number of carboxylic acids is 1. The van der Waals surface area contributed by atoms with Crippen LogP contribution in [0.3, 0.4) is 0 Å². The van der Waals surface area contributed by atoms with Gasteiger partial charge in [-0.05, 0) is 87.0 Å². The second kappa shape index (κ2) is 10.1. The topological polar surface area (TPSA) is 49.8 Å². The quantitative estimate of drug-likeness (QED) is 0.426. The smallest absolute Gasteiger partial charge is 0.420 e. The lowest BCUT2D eigenvalue weighted by atomic mass is 9.87. The van der Waals surface area contributed by atoms with Crippen molar-refractivity contribution in [2.45, 2.75) is 69.9 Å². The van der Waals surface area contributed by atoms with E-state index in [0.717, 1.165) is 0 Å². The van der Waals surface area contributed by atoms with Gasteiger partial charge < -0.3 is 9.84 Å². The Morgan fingerprint density at radius 3 is 2.14 bits per heavy atom. The molecule has 0 spiro atoms. The summed E-state index contributed by atoms with van der Waals surface area (Å²) in [4.78, 5) is 13.3. The zero-order chi connectivity index (χ0) is 26.3. The van der Waals surface area contributed by atoms with E-state index in [1.807, 2.05) is 6.92 Å². The van der Waals surface area contributed by atoms with E-state index in [2.05, 4.69) is 4.90 Å². The maximum Gasteiger partial charge on any atom is 0.420 e. The van der Waals surface area contributed by atoms with Crippen LogP contribution < -0.4 is 4.74 Å². The molecule has 2 fully saturated rings. The first-order valence-electron chi connectivity index (χ1n) is 12.2. The van der Waals surface area contributed by atoms with Gasteiger partial charge in [0.15, 0.2) is 0 Å². The fourth-order valence-electron chi connectivity index (χ4n) is 5.40. The fourth-order valence-corrected chi connectivity index (χ4v) is 5.40. The molecule has 2 aromatic rings. The van der Waals surface area contributed by atoms with Gasteiger partial charge in [0.2, 0.25) is 0 Å². The molecule has 36 heavy (non-hydrogen) atoms. The summed E-state index contributed by atoms with van der Waals surface area (Å²) in [5.41, 5.74) is -0.249. The molecule has 1 aliphatic carbocycles. The number of rotatable bonds is 5. The summed E-state index contributed by atoms with van der Waals surface area (Å²) in [6, 6.07) is 7.47. The molecule has 1 saturated heterocycles. The highest BCUT2D eigenvalue weighted by Gasteiger charge is 2.43. The lowest BCUT2D eigenvalue weighted by molar-refractivity contribution is -0.185. The molecule has 4 nitrogen and oxygen atoms in total. The molecular formula is C26H29F6NO3. The molecule has 2 aliphatic rings. The predicted molar refractivity (Wildman–Crippen MR) is 122 cm³/mol. The zero-order valence-electron chi connectivity index (χ0n) is 19.8. The highest BCUT2D eigenvalue weighted by molar-refractivity contribution is 5.89. The number of likely N-dealkylation sites (tertiary alicyclic amines) is 1. The third-order valence-electron chi connectivity index (χ3n) is 7.63. The summed E-state index contributed by atoms with van der Waals surface area (Å²) in [5.74, 6) is -3.05. The first kappa shape index (κ1) is 26.6. The lowest BCUT2D eigenvalue weighted by Gasteiger charge is -2.35. The van der Waals surface area contributed by atoms with Crippen LogP contribution in [0.5, 0.6) is 5.75 Å². The van der Waals surface area contributed by atoms with Gasteiger partial charge in [-0.2, -0.15) is 26.3 Å². The number of ether oxygens (including phenoxy) is 1. The van der Waals surface area contributed by atoms with Crippen LogP contribution in [0.2, 0.25) is 0 Å². The average Bonchev–Trinajstić information content (AvgIpc) is 2.82. The number of halogens is 6. The minimum Gasteiger partial charge on any atom is -0.490 e. The largest absolute Gasteiger partial charge is 0.490 e. The van der Waals surface area contributed by atoms with Crippen molar-refractivity contribution in [3.63, 3.8) is 0 Å². The van der Waals surface area contributed by atoms with Crippen LogP contribution in [0.15, 0.2) is 30.3 Å². The maximum absolute atomic E-state index is 14.3. The maximum atomic E-state index is 14.3. The van der Waals surface area contributed by atoms with Crippen molar-refractivity contribution in [1.29, 1.82) is 0 Å². The molecule has 10 heteroatoms. The highest BCUT2D eigenvalue weighted by atomic mass is 19.4. The van der Waals surface area contributed by atoms with Gasteiger partial charge in [0.25, 0.3) is 0 Å². The first-order valence-corrected chi connectivity index (χ1v) is 12.2. The Balaban J connectivity index is 1.59. The number of fused-ring (bicyclic) bond motifs is 1. The van der Waals surface area contributed by atoms with Crippen LogP contribution in [0.4, 0.5) is 26.3 Å². The SMILES string of the molecule is CC(c1ccc2ccc(OC3CCC(C(F)(F)F)CC3)c(C(F)(F)F)c2c1)N1CCC(C(=O)O)CC1. The van der Waals surface area contributed by atoms with Gasteiger partial charge >= 0.3 is 18.3 Å². The fraction of sp³-hybridized carbons (Fsp3) is 0.577. The second-order valence-electron chi connectivity index (χ2n) is 9.87. The second-order valence-corrected chi connectivity index (χ2v) is 9.87. The standard InChI is InChI=1S/C26H29F6NO3/c1-15(33-12-10-17(11-13-33)24(34)35)18-3-2-16-4-9-22(23(21(16)14-18)26(30,31)32)36-20-7-5-19(6-8-20)25(27,28)29/h2-4,9,14-15,17,19-20H,5-8,10-13H2,1H3,(H,34,35). The van der Waals surface area contributed by atoms with Crippen molar-refractivity contribution in [3.8, 4) is 5.75 Å². The molecule has 1 aliphatic heterocycles. The van der Waals surface area contributed by atoms with Crippen LogP contribution in [0, 0.1) is 11.8 Å². The van der Waals surface area contributed by atoms with Gasteiger partial charge in [-0.1, -0.05) is 18.2 Å². The van der Waals surface area contributed by atoms with Gasteiger partial charge in [-0.3, -0.25) is 9.69 Å². The Bertz CT molecular complexity index is 1080. The Hall–Kier alpha value is -2.49. The number of carbonyl (C=O) groups is 1. The van der Waals surface area contributed by atoms with Gasteiger partial charge in [0.1, 0.15) is 11.3 Å². The number of aliphatic carboxylic acids is 1. The molecule has 4 rings (SSSR count). The Labute approximate surface area is 205 Å². The Kier molecular flexibility index (Phi) is 7.46. The predicted octanol–water partition coefficient (Wildman–Crippen LogP) is 7.22. The van der Waals surface area contributed by atoms with Gasteiger partial charge in [-0.25, -0.2) is 0 Å². The van der Waals surface area contributed by atoms with E-state index in [0.29, 0.717) is 36.9 Å². The third-order valence-corrected chi connectivity index (χ3v) is 7.63. The molecule has 1 unspecified atom stereocenters.